The van der Waals surface area contributed by atoms with E-state index in [1.165, 1.54) is 5.69 Å². The average molecular weight is 506 g/mol. The molecular weight excluding hydrogens is 474 g/mol. The number of methoxy groups -OCH3 is 1. The van der Waals surface area contributed by atoms with Crippen LogP contribution < -0.4 is 15.0 Å². The van der Waals surface area contributed by atoms with E-state index in [1.807, 2.05) is 18.2 Å². The molecule has 38 heavy (non-hydrogen) atoms. The number of anilines is 2. The third-order valence-electron chi connectivity index (χ3n) is 8.54. The number of nitrogens with one attached hydrogen (secondary N) is 2. The number of amides is 1. The summed E-state index contributed by atoms with van der Waals surface area (Å²) in [7, 11) is 3.84. The van der Waals surface area contributed by atoms with Crippen molar-refractivity contribution in [1.29, 1.82) is 0 Å². The SMILES string of the molecule is COc1ccc2c(c1)C1(CC1c1ccc3c(/C=C/c4ccc(N5CCN(C)CC5)cc4)n[nH]c3c1)C(=O)N2. The van der Waals surface area contributed by atoms with Gasteiger partial charge in [-0.05, 0) is 72.6 Å². The summed E-state index contributed by atoms with van der Waals surface area (Å²) >= 11 is 0. The molecule has 2 fully saturated rings. The molecule has 2 aliphatic heterocycles. The van der Waals surface area contributed by atoms with Crippen LogP contribution in [0.4, 0.5) is 11.4 Å². The van der Waals surface area contributed by atoms with E-state index in [2.05, 4.69) is 87.0 Å². The van der Waals surface area contributed by atoms with Gasteiger partial charge in [0.2, 0.25) is 5.91 Å². The van der Waals surface area contributed by atoms with E-state index >= 15 is 0 Å². The Bertz CT molecular complexity index is 1570. The molecule has 1 amide bonds. The number of piperazine rings is 1. The summed E-state index contributed by atoms with van der Waals surface area (Å²) in [4.78, 5) is 17.8. The van der Waals surface area contributed by atoms with Gasteiger partial charge in [-0.25, -0.2) is 0 Å². The van der Waals surface area contributed by atoms with Gasteiger partial charge < -0.3 is 19.9 Å². The molecular formula is C31H31N5O2. The summed E-state index contributed by atoms with van der Waals surface area (Å²) in [5.41, 5.74) is 6.91. The maximum Gasteiger partial charge on any atom is 0.235 e. The number of H-pyrrole nitrogens is 1. The van der Waals surface area contributed by atoms with Crippen molar-refractivity contribution in [2.45, 2.75) is 17.8 Å². The van der Waals surface area contributed by atoms with Gasteiger partial charge in [-0.2, -0.15) is 5.10 Å². The van der Waals surface area contributed by atoms with Crippen molar-refractivity contribution in [3.63, 3.8) is 0 Å². The molecule has 7 heteroatoms. The third-order valence-corrected chi connectivity index (χ3v) is 8.54. The van der Waals surface area contributed by atoms with Gasteiger partial charge in [0.1, 0.15) is 5.75 Å². The fraction of sp³-hybridized carbons (Fsp3) is 0.290. The van der Waals surface area contributed by atoms with Gasteiger partial charge >= 0.3 is 0 Å². The number of benzene rings is 3. The Morgan fingerprint density at radius 2 is 1.82 bits per heavy atom. The van der Waals surface area contributed by atoms with Crippen molar-refractivity contribution in [1.82, 2.24) is 15.1 Å². The predicted molar refractivity (Wildman–Crippen MR) is 152 cm³/mol. The van der Waals surface area contributed by atoms with E-state index < -0.39 is 5.41 Å². The zero-order valence-corrected chi connectivity index (χ0v) is 21.7. The molecule has 4 aromatic rings. The van der Waals surface area contributed by atoms with Crippen molar-refractivity contribution in [3.05, 3.63) is 83.0 Å². The standard InChI is InChI=1S/C31H31N5O2/c1-35-13-15-36(16-14-35)22-7-3-20(4-8-22)5-11-27-24-10-6-21(17-29(24)34-33-27)26-19-31(26)25-18-23(38-2)9-12-28(25)32-30(31)37/h3-12,17-18,26H,13-16,19H2,1-2H3,(H,32,37)(H,33,34)/b11-5+. The van der Waals surface area contributed by atoms with E-state index in [4.69, 9.17) is 4.74 Å². The number of ether oxygens (including phenoxy) is 1. The van der Waals surface area contributed by atoms with Gasteiger partial charge in [0, 0.05) is 48.9 Å². The molecule has 192 valence electrons. The second-order valence-electron chi connectivity index (χ2n) is 10.7. The van der Waals surface area contributed by atoms with Crippen molar-refractivity contribution >= 4 is 40.3 Å². The number of hydrogen-bond acceptors (Lipinski definition) is 5. The highest BCUT2D eigenvalue weighted by Crippen LogP contribution is 2.65. The minimum atomic E-state index is -0.503. The lowest BCUT2D eigenvalue weighted by Crippen LogP contribution is -2.44. The largest absolute Gasteiger partial charge is 0.497 e. The highest BCUT2D eigenvalue weighted by atomic mass is 16.5. The predicted octanol–water partition coefficient (Wildman–Crippen LogP) is 4.87. The minimum Gasteiger partial charge on any atom is -0.497 e. The first-order chi connectivity index (χ1) is 18.5. The van der Waals surface area contributed by atoms with Gasteiger partial charge in [-0.1, -0.05) is 30.3 Å². The van der Waals surface area contributed by atoms with Gasteiger partial charge in [-0.3, -0.25) is 9.89 Å². The van der Waals surface area contributed by atoms with Crippen LogP contribution in [-0.4, -0.2) is 61.3 Å². The van der Waals surface area contributed by atoms with Crippen molar-refractivity contribution < 1.29 is 9.53 Å². The van der Waals surface area contributed by atoms with Crippen molar-refractivity contribution in [2.75, 3.05) is 50.6 Å². The zero-order valence-electron chi connectivity index (χ0n) is 21.7. The van der Waals surface area contributed by atoms with Crippen molar-refractivity contribution in [2.24, 2.45) is 0 Å². The van der Waals surface area contributed by atoms with E-state index in [1.54, 1.807) is 7.11 Å². The molecule has 1 spiro atoms. The monoisotopic (exact) mass is 505 g/mol. The fourth-order valence-corrected chi connectivity index (χ4v) is 6.14. The highest BCUT2D eigenvalue weighted by molar-refractivity contribution is 6.10. The number of aromatic amines is 1. The summed E-state index contributed by atoms with van der Waals surface area (Å²) in [6, 6.07) is 21.0. The zero-order chi connectivity index (χ0) is 25.9. The lowest BCUT2D eigenvalue weighted by molar-refractivity contribution is -0.118. The Hall–Kier alpha value is -4.10. The maximum atomic E-state index is 13.0. The Morgan fingerprint density at radius 1 is 1.00 bits per heavy atom. The van der Waals surface area contributed by atoms with E-state index in [0.717, 1.165) is 77.3 Å². The van der Waals surface area contributed by atoms with Crippen molar-refractivity contribution in [3.8, 4) is 5.75 Å². The van der Waals surface area contributed by atoms with Crippen LogP contribution in [0.1, 0.15) is 34.7 Å². The molecule has 7 rings (SSSR count). The molecule has 0 bridgehead atoms. The number of likely N-dealkylation sites (N-methyl/N-ethyl adjacent to an activating group) is 1. The van der Waals surface area contributed by atoms with Crippen LogP contribution in [-0.2, 0) is 10.2 Å². The lowest BCUT2D eigenvalue weighted by Gasteiger charge is -2.34. The quantitative estimate of drug-likeness (QED) is 0.405. The molecule has 1 aromatic heterocycles. The second-order valence-corrected chi connectivity index (χ2v) is 10.7. The normalized spacial score (nSPS) is 22.8. The number of carbonyl (C=O) groups is 1. The molecule has 2 unspecified atom stereocenters. The third kappa shape index (κ3) is 3.69. The number of nitrogens with zero attached hydrogens (tertiary/aromatic N) is 3. The summed E-state index contributed by atoms with van der Waals surface area (Å²) in [6.45, 7) is 4.35. The van der Waals surface area contributed by atoms with Gasteiger partial charge in [0.05, 0.1) is 23.7 Å². The molecule has 1 saturated heterocycles. The summed E-state index contributed by atoms with van der Waals surface area (Å²) in [6.07, 6.45) is 4.98. The number of rotatable bonds is 5. The molecule has 1 aliphatic carbocycles. The molecule has 3 aromatic carbocycles. The topological polar surface area (TPSA) is 73.5 Å². The first-order valence-electron chi connectivity index (χ1n) is 13.2. The second kappa shape index (κ2) is 8.74. The Morgan fingerprint density at radius 3 is 2.61 bits per heavy atom. The van der Waals surface area contributed by atoms with Crippen LogP contribution in [0.5, 0.6) is 5.75 Å². The minimum absolute atomic E-state index is 0.0812. The summed E-state index contributed by atoms with van der Waals surface area (Å²) in [5, 5.41) is 11.9. The average Bonchev–Trinajstić information content (AvgIpc) is 3.49. The molecule has 0 radical (unpaired) electrons. The molecule has 2 atom stereocenters. The molecule has 7 nitrogen and oxygen atoms in total. The summed E-state index contributed by atoms with van der Waals surface area (Å²) < 4.78 is 5.43. The van der Waals surface area contributed by atoms with Gasteiger partial charge in [0.15, 0.2) is 0 Å². The van der Waals surface area contributed by atoms with Crippen LogP contribution >= 0.6 is 0 Å². The lowest BCUT2D eigenvalue weighted by atomic mass is 9.91. The number of fused-ring (bicyclic) bond motifs is 3. The molecule has 2 N–H and O–H groups in total. The van der Waals surface area contributed by atoms with Crippen LogP contribution in [0, 0.1) is 0 Å². The van der Waals surface area contributed by atoms with Gasteiger partial charge in [-0.15, -0.1) is 0 Å². The van der Waals surface area contributed by atoms with E-state index in [-0.39, 0.29) is 11.8 Å². The first-order valence-corrected chi connectivity index (χ1v) is 13.2. The smallest absolute Gasteiger partial charge is 0.235 e. The Balaban J connectivity index is 1.09. The van der Waals surface area contributed by atoms with Crippen LogP contribution in [0.25, 0.3) is 23.1 Å². The van der Waals surface area contributed by atoms with Gasteiger partial charge in [0.25, 0.3) is 0 Å². The number of carbonyl (C=O) groups excluding carboxylic acids is 1. The molecule has 1 saturated carbocycles. The summed E-state index contributed by atoms with van der Waals surface area (Å²) in [5.74, 6) is 0.999. The molecule has 3 aliphatic rings. The highest BCUT2D eigenvalue weighted by Gasteiger charge is 2.65. The maximum absolute atomic E-state index is 13.0. The van der Waals surface area contributed by atoms with Crippen LogP contribution in [0.15, 0.2) is 60.7 Å². The number of aromatic nitrogens is 2. The first kappa shape index (κ1) is 23.0. The fourth-order valence-electron chi connectivity index (χ4n) is 6.14. The van der Waals surface area contributed by atoms with E-state index in [0.29, 0.717) is 0 Å². The molecule has 3 heterocycles. The van der Waals surface area contributed by atoms with Crippen LogP contribution in [0.2, 0.25) is 0 Å². The van der Waals surface area contributed by atoms with Crippen LogP contribution in [0.3, 0.4) is 0 Å². The Labute approximate surface area is 222 Å². The number of hydrogen-bond donors (Lipinski definition) is 2. The van der Waals surface area contributed by atoms with E-state index in [9.17, 15) is 4.79 Å². The Kier molecular flexibility index (Phi) is 5.30.